The molecule has 13 nitrogen and oxygen atoms in total. The van der Waals surface area contributed by atoms with Crippen molar-refractivity contribution in [2.75, 3.05) is 25.2 Å². The van der Waals surface area contributed by atoms with Gasteiger partial charge in [0.2, 0.25) is 13.6 Å². The largest absolute Gasteiger partial charge is 0.438 e. The lowest BCUT2D eigenvalue weighted by Gasteiger charge is -2.27. The molecule has 1 aromatic rings. The number of nitrogen functional groups attached to an aromatic ring is 1. The molecule has 3 N–H and O–H groups in total. The number of anilines is 1. The van der Waals surface area contributed by atoms with Crippen LogP contribution in [0.2, 0.25) is 0 Å². The number of hydrogen-bond acceptors (Lipinski definition) is 12. The number of nitrogens with two attached hydrogens (primary N) is 1. The summed E-state index contributed by atoms with van der Waals surface area (Å²) < 4.78 is 55.3. The molecule has 0 bridgehead atoms. The summed E-state index contributed by atoms with van der Waals surface area (Å²) in [6.45, 7) is 7.90. The molecule has 1 aliphatic rings. The Balaban J connectivity index is 2.31. The Kier molecular flexibility index (Phi) is 10.5. The number of esters is 2. The summed E-state index contributed by atoms with van der Waals surface area (Å²) in [6, 6.07) is 1.23. The summed E-state index contributed by atoms with van der Waals surface area (Å²) in [6.07, 6.45) is -3.69. The molecule has 0 aromatic carbocycles. The minimum absolute atomic E-state index is 0.108. The van der Waals surface area contributed by atoms with Crippen LogP contribution in [0.15, 0.2) is 29.0 Å². The summed E-state index contributed by atoms with van der Waals surface area (Å²) in [5.41, 5.74) is 0.725. The summed E-state index contributed by atoms with van der Waals surface area (Å²) in [5, 5.41) is 10.7. The summed E-state index contributed by atoms with van der Waals surface area (Å²) in [7, 11) is -4.40. The van der Waals surface area contributed by atoms with Gasteiger partial charge in [0.15, 0.2) is 12.4 Å². The maximum atomic E-state index is 15.1. The van der Waals surface area contributed by atoms with Gasteiger partial charge in [-0.15, -0.1) is 11.6 Å². The molecule has 0 saturated carbocycles. The molecule has 1 saturated heterocycles. The zero-order valence-corrected chi connectivity index (χ0v) is 24.1. The van der Waals surface area contributed by atoms with Gasteiger partial charge in [-0.1, -0.05) is 0 Å². The van der Waals surface area contributed by atoms with Gasteiger partial charge in [-0.3, -0.25) is 27.8 Å². The lowest BCUT2D eigenvalue weighted by molar-refractivity contribution is -0.161. The van der Waals surface area contributed by atoms with E-state index in [4.69, 9.17) is 40.6 Å². The first kappa shape index (κ1) is 32.9. The molecule has 4 atom stereocenters. The number of rotatable bonds is 10. The molecular weight excluding hydrogens is 564 g/mol. The van der Waals surface area contributed by atoms with Gasteiger partial charge in [-0.05, 0) is 53.7 Å². The molecule has 2 heterocycles. The van der Waals surface area contributed by atoms with Crippen LogP contribution in [0.5, 0.6) is 0 Å². The second-order valence-electron chi connectivity index (χ2n) is 10.7. The van der Waals surface area contributed by atoms with Crippen LogP contribution in [0.4, 0.5) is 10.2 Å². The Bertz CT molecular complexity index is 1150. The van der Waals surface area contributed by atoms with Gasteiger partial charge in [0, 0.05) is 12.0 Å². The predicted molar refractivity (Wildman–Crippen MR) is 137 cm³/mol. The number of alkyl halides is 2. The van der Waals surface area contributed by atoms with Crippen LogP contribution in [0.25, 0.3) is 0 Å². The Morgan fingerprint density at radius 1 is 1.21 bits per heavy atom. The monoisotopic (exact) mass is 597 g/mol. The minimum Gasteiger partial charge on any atom is -0.438 e. The van der Waals surface area contributed by atoms with Crippen LogP contribution in [-0.2, 0) is 37.4 Å². The molecule has 1 aliphatic heterocycles. The Morgan fingerprint density at radius 2 is 1.72 bits per heavy atom. The number of carbonyl (C=O) groups excluding carboxylic acids is 2. The lowest BCUT2D eigenvalue weighted by atomic mass is 9.98. The molecule has 1 fully saturated rings. The van der Waals surface area contributed by atoms with E-state index < -0.39 is 79.6 Å². The van der Waals surface area contributed by atoms with Gasteiger partial charge < -0.3 is 25.1 Å². The second-order valence-corrected chi connectivity index (χ2v) is 12.9. The van der Waals surface area contributed by atoms with Crippen molar-refractivity contribution in [3.05, 3.63) is 34.6 Å². The molecule has 0 radical (unpaired) electrons. The third-order valence-corrected chi connectivity index (χ3v) is 7.22. The number of carbonyl (C=O) groups is 2. The van der Waals surface area contributed by atoms with Gasteiger partial charge >= 0.3 is 25.2 Å². The highest BCUT2D eigenvalue weighted by atomic mass is 35.5. The highest BCUT2D eigenvalue weighted by Gasteiger charge is 2.55. The Hall–Kier alpha value is -2.35. The van der Waals surface area contributed by atoms with E-state index in [-0.39, 0.29) is 5.82 Å². The number of aliphatic hydroxyl groups is 1. The van der Waals surface area contributed by atoms with Crippen molar-refractivity contribution in [1.29, 1.82) is 0 Å². The average molecular weight is 598 g/mol. The fourth-order valence-electron chi connectivity index (χ4n) is 2.99. The third-order valence-electron chi connectivity index (χ3n) is 5.36. The molecule has 0 spiro atoms. The molecule has 39 heavy (non-hydrogen) atoms. The van der Waals surface area contributed by atoms with Crippen molar-refractivity contribution < 1.29 is 46.9 Å². The minimum atomic E-state index is -4.40. The van der Waals surface area contributed by atoms with Crippen molar-refractivity contribution in [3.8, 4) is 0 Å². The number of hydrogen-bond donors (Lipinski definition) is 2. The van der Waals surface area contributed by atoms with Crippen molar-refractivity contribution in [2.45, 2.75) is 65.6 Å². The van der Waals surface area contributed by atoms with E-state index in [1.807, 2.05) is 0 Å². The smallest absolute Gasteiger partial charge is 0.359 e. The van der Waals surface area contributed by atoms with Crippen LogP contribution >= 0.6 is 19.2 Å². The lowest BCUT2D eigenvalue weighted by Crippen LogP contribution is -2.42. The molecule has 0 amide bonds. The van der Waals surface area contributed by atoms with Crippen molar-refractivity contribution in [2.24, 2.45) is 10.8 Å². The van der Waals surface area contributed by atoms with E-state index in [0.29, 0.717) is 0 Å². The van der Waals surface area contributed by atoms with Crippen molar-refractivity contribution in [3.63, 3.8) is 0 Å². The molecule has 0 unspecified atom stereocenters. The number of halogens is 2. The summed E-state index contributed by atoms with van der Waals surface area (Å²) >= 11 is 6.03. The normalized spacial score (nSPS) is 24.2. The Morgan fingerprint density at radius 3 is 2.15 bits per heavy atom. The number of ether oxygens (including phenoxy) is 3. The van der Waals surface area contributed by atoms with Crippen molar-refractivity contribution in [1.82, 2.24) is 9.55 Å². The highest BCUT2D eigenvalue weighted by molar-refractivity contribution is 7.57. The first-order chi connectivity index (χ1) is 17.8. The standard InChI is InChI=1S/C23H34ClFN3O10P/c1-21(2,3)18(30)34-12-36-39(33,37-13-35-19(31)22(4,5)6)10-8-23(11-24)16(29)15(25)17(38-23)28-9-7-14(26)27-20(28)32/h7-10,15-17,29H,11-13H2,1-6H3,(H2,26,27,32)/b10-8+/t15-,16+,17-,23+/m1/s1. The van der Waals surface area contributed by atoms with Crippen molar-refractivity contribution >= 4 is 37.0 Å². The second kappa shape index (κ2) is 12.4. The summed E-state index contributed by atoms with van der Waals surface area (Å²) in [5.74, 6) is -1.21. The third kappa shape index (κ3) is 8.32. The quantitative estimate of drug-likeness (QED) is 0.175. The van der Waals surface area contributed by atoms with E-state index >= 15 is 4.39 Å². The SMILES string of the molecule is CC(C)(C)C(=O)OCOP(=O)(/C=C/[C@@]1(CCl)O[C@@H](n2ccc(N)nc2=O)[C@H](F)[C@@H]1O)OCOC(=O)C(C)(C)C. The van der Waals surface area contributed by atoms with Crippen LogP contribution in [0.3, 0.4) is 0 Å². The van der Waals surface area contributed by atoms with E-state index in [1.165, 1.54) is 6.07 Å². The first-order valence-corrected chi connectivity index (χ1v) is 13.8. The Labute approximate surface area is 229 Å². The van der Waals surface area contributed by atoms with Gasteiger partial charge in [0.05, 0.1) is 16.7 Å². The molecule has 2 rings (SSSR count). The van der Waals surface area contributed by atoms with Gasteiger partial charge in [-0.2, -0.15) is 4.98 Å². The maximum Gasteiger partial charge on any atom is 0.359 e. The number of nitrogens with zero attached hydrogens (tertiary/aromatic N) is 2. The fourth-order valence-corrected chi connectivity index (χ4v) is 4.38. The molecule has 1 aromatic heterocycles. The van der Waals surface area contributed by atoms with E-state index in [2.05, 4.69) is 4.98 Å². The fraction of sp³-hybridized carbons (Fsp3) is 0.652. The zero-order valence-electron chi connectivity index (χ0n) is 22.5. The molecular formula is C23H34ClFN3O10P. The number of aromatic nitrogens is 2. The first-order valence-electron chi connectivity index (χ1n) is 11.7. The highest BCUT2D eigenvalue weighted by Crippen LogP contribution is 2.52. The van der Waals surface area contributed by atoms with Gasteiger partial charge in [-0.25, -0.2) is 9.18 Å². The van der Waals surface area contributed by atoms with Gasteiger partial charge in [0.1, 0.15) is 17.5 Å². The maximum absolute atomic E-state index is 15.1. The average Bonchev–Trinajstić information content (AvgIpc) is 3.07. The molecule has 0 aliphatic carbocycles. The zero-order chi connectivity index (χ0) is 29.8. The van der Waals surface area contributed by atoms with E-state index in [9.17, 15) is 24.1 Å². The van der Waals surface area contributed by atoms with Crippen LogP contribution in [-0.4, -0.2) is 63.9 Å². The topological polar surface area (TPSA) is 178 Å². The number of aliphatic hydroxyl groups excluding tert-OH is 1. The summed E-state index contributed by atoms with van der Waals surface area (Å²) in [4.78, 5) is 39.8. The molecule has 16 heteroatoms. The van der Waals surface area contributed by atoms with E-state index in [0.717, 1.165) is 22.7 Å². The van der Waals surface area contributed by atoms with Gasteiger partial charge in [0.25, 0.3) is 0 Å². The predicted octanol–water partition coefficient (Wildman–Crippen LogP) is 2.86. The molecule has 220 valence electrons. The van der Waals surface area contributed by atoms with E-state index in [1.54, 1.807) is 41.5 Å². The van der Waals surface area contributed by atoms with Crippen LogP contribution < -0.4 is 11.4 Å². The van der Waals surface area contributed by atoms with Crippen LogP contribution in [0.1, 0.15) is 47.8 Å². The van der Waals surface area contributed by atoms with Crippen LogP contribution in [0, 0.1) is 10.8 Å².